The number of carbonyl (C=O) groups excluding carboxylic acids is 1. The number of pyridine rings is 1. The first-order valence-electron chi connectivity index (χ1n) is 6.48. The Labute approximate surface area is 117 Å². The Morgan fingerprint density at radius 3 is 2.70 bits per heavy atom. The maximum Gasteiger partial charge on any atom is 0.270 e. The minimum Gasteiger partial charge on any atom is -0.344 e. The van der Waals surface area contributed by atoms with Crippen molar-refractivity contribution in [2.75, 3.05) is 0 Å². The van der Waals surface area contributed by atoms with Gasteiger partial charge in [0.15, 0.2) is 0 Å². The Kier molecular flexibility index (Phi) is 4.13. The third-order valence-corrected chi connectivity index (χ3v) is 3.20. The molecule has 20 heavy (non-hydrogen) atoms. The molecule has 2 rings (SSSR count). The zero-order valence-corrected chi connectivity index (χ0v) is 11.8. The Bertz CT molecular complexity index is 640. The highest BCUT2D eigenvalue weighted by Gasteiger charge is 2.14. The summed E-state index contributed by atoms with van der Waals surface area (Å²) in [4.78, 5) is 15.6. The van der Waals surface area contributed by atoms with Crippen molar-refractivity contribution in [3.63, 3.8) is 0 Å². The van der Waals surface area contributed by atoms with Gasteiger partial charge in [0.25, 0.3) is 5.91 Å². The Hall–Kier alpha value is -2.23. The van der Waals surface area contributed by atoms with Crippen molar-refractivity contribution >= 4 is 5.91 Å². The first-order chi connectivity index (χ1) is 9.47. The SMILES string of the molecule is Cc1ccc(C)c(C(C)NC(=O)c2cccc(F)n2)c1. The number of amides is 1. The lowest BCUT2D eigenvalue weighted by Crippen LogP contribution is -2.28. The number of aromatic nitrogens is 1. The van der Waals surface area contributed by atoms with Gasteiger partial charge in [0.2, 0.25) is 5.95 Å². The maximum absolute atomic E-state index is 13.0. The maximum atomic E-state index is 13.0. The van der Waals surface area contributed by atoms with Crippen LogP contribution in [-0.4, -0.2) is 10.9 Å². The molecule has 4 heteroatoms. The van der Waals surface area contributed by atoms with E-state index in [9.17, 15) is 9.18 Å². The number of benzene rings is 1. The molecule has 1 aromatic heterocycles. The molecule has 0 radical (unpaired) electrons. The van der Waals surface area contributed by atoms with Crippen LogP contribution in [0.2, 0.25) is 0 Å². The minimum atomic E-state index is -0.656. The van der Waals surface area contributed by atoms with Crippen molar-refractivity contribution in [2.24, 2.45) is 0 Å². The normalized spacial score (nSPS) is 12.0. The molecule has 0 aliphatic heterocycles. The number of nitrogens with one attached hydrogen (secondary N) is 1. The molecular formula is C16H17FN2O. The Morgan fingerprint density at radius 1 is 1.25 bits per heavy atom. The van der Waals surface area contributed by atoms with Crippen LogP contribution in [0.25, 0.3) is 0 Å². The third kappa shape index (κ3) is 3.20. The topological polar surface area (TPSA) is 42.0 Å². The first-order valence-corrected chi connectivity index (χ1v) is 6.48. The van der Waals surface area contributed by atoms with Crippen molar-refractivity contribution in [3.8, 4) is 0 Å². The summed E-state index contributed by atoms with van der Waals surface area (Å²) >= 11 is 0. The van der Waals surface area contributed by atoms with E-state index in [1.165, 1.54) is 18.2 Å². The van der Waals surface area contributed by atoms with E-state index in [1.54, 1.807) is 0 Å². The number of rotatable bonds is 3. The van der Waals surface area contributed by atoms with Gasteiger partial charge in [-0.2, -0.15) is 4.39 Å². The molecule has 1 aromatic carbocycles. The standard InChI is InChI=1S/C16H17FN2O/c1-10-7-8-11(2)13(9-10)12(3)18-16(20)14-5-4-6-15(17)19-14/h4-9,12H,1-3H3,(H,18,20). The van der Waals surface area contributed by atoms with E-state index < -0.39 is 5.95 Å². The average Bonchev–Trinajstić information content (AvgIpc) is 2.41. The predicted octanol–water partition coefficient (Wildman–Crippen LogP) is 3.33. The molecule has 104 valence electrons. The smallest absolute Gasteiger partial charge is 0.270 e. The number of hydrogen-bond donors (Lipinski definition) is 1. The zero-order chi connectivity index (χ0) is 14.7. The van der Waals surface area contributed by atoms with Crippen LogP contribution in [-0.2, 0) is 0 Å². The molecule has 0 bridgehead atoms. The molecule has 0 saturated heterocycles. The summed E-state index contributed by atoms with van der Waals surface area (Å²) in [7, 11) is 0. The van der Waals surface area contributed by atoms with Crippen molar-refractivity contribution in [2.45, 2.75) is 26.8 Å². The monoisotopic (exact) mass is 272 g/mol. The molecule has 0 spiro atoms. The van der Waals surface area contributed by atoms with E-state index in [1.807, 2.05) is 39.0 Å². The van der Waals surface area contributed by atoms with Gasteiger partial charge in [-0.05, 0) is 44.0 Å². The van der Waals surface area contributed by atoms with Crippen molar-refractivity contribution < 1.29 is 9.18 Å². The van der Waals surface area contributed by atoms with E-state index >= 15 is 0 Å². The number of halogens is 1. The molecule has 2 aromatic rings. The fourth-order valence-corrected chi connectivity index (χ4v) is 2.11. The van der Waals surface area contributed by atoms with E-state index in [2.05, 4.69) is 10.3 Å². The molecule has 1 unspecified atom stereocenters. The second-order valence-electron chi connectivity index (χ2n) is 4.90. The molecular weight excluding hydrogens is 255 g/mol. The molecule has 1 heterocycles. The highest BCUT2D eigenvalue weighted by atomic mass is 19.1. The van der Waals surface area contributed by atoms with Gasteiger partial charge in [-0.1, -0.05) is 29.8 Å². The Morgan fingerprint density at radius 2 is 2.00 bits per heavy atom. The van der Waals surface area contributed by atoms with Crippen LogP contribution in [0.1, 0.15) is 40.1 Å². The molecule has 1 amide bonds. The lowest BCUT2D eigenvalue weighted by Gasteiger charge is -2.17. The molecule has 1 N–H and O–H groups in total. The van der Waals surface area contributed by atoms with Crippen LogP contribution in [0.4, 0.5) is 4.39 Å². The molecule has 0 fully saturated rings. The first kappa shape index (κ1) is 14.2. The molecule has 0 aliphatic rings. The summed E-state index contributed by atoms with van der Waals surface area (Å²) in [6.07, 6.45) is 0. The van der Waals surface area contributed by atoms with Crippen LogP contribution in [0.15, 0.2) is 36.4 Å². The van der Waals surface area contributed by atoms with Crippen LogP contribution in [0, 0.1) is 19.8 Å². The van der Waals surface area contributed by atoms with E-state index in [4.69, 9.17) is 0 Å². The summed E-state index contributed by atoms with van der Waals surface area (Å²) in [5.41, 5.74) is 3.38. The molecule has 0 aliphatic carbocycles. The van der Waals surface area contributed by atoms with Crippen molar-refractivity contribution in [3.05, 3.63) is 64.7 Å². The number of nitrogens with zero attached hydrogens (tertiary/aromatic N) is 1. The quantitative estimate of drug-likeness (QED) is 0.871. The van der Waals surface area contributed by atoms with Gasteiger partial charge in [-0.25, -0.2) is 4.98 Å². The predicted molar refractivity (Wildman–Crippen MR) is 76.0 cm³/mol. The lowest BCUT2D eigenvalue weighted by molar-refractivity contribution is 0.0933. The van der Waals surface area contributed by atoms with Gasteiger partial charge < -0.3 is 5.32 Å². The van der Waals surface area contributed by atoms with Crippen LogP contribution in [0.5, 0.6) is 0 Å². The van der Waals surface area contributed by atoms with Gasteiger partial charge in [-0.3, -0.25) is 4.79 Å². The van der Waals surface area contributed by atoms with Gasteiger partial charge in [0.1, 0.15) is 5.69 Å². The summed E-state index contributed by atoms with van der Waals surface area (Å²) in [6, 6.07) is 10.1. The summed E-state index contributed by atoms with van der Waals surface area (Å²) in [5.74, 6) is -1.03. The van der Waals surface area contributed by atoms with Gasteiger partial charge in [-0.15, -0.1) is 0 Å². The highest BCUT2D eigenvalue weighted by molar-refractivity contribution is 5.92. The minimum absolute atomic E-state index is 0.0853. The fourth-order valence-electron chi connectivity index (χ4n) is 2.11. The fraction of sp³-hybridized carbons (Fsp3) is 0.250. The number of carbonyl (C=O) groups is 1. The Balaban J connectivity index is 2.17. The van der Waals surface area contributed by atoms with Gasteiger partial charge in [0, 0.05) is 0 Å². The summed E-state index contributed by atoms with van der Waals surface area (Å²) in [6.45, 7) is 5.91. The summed E-state index contributed by atoms with van der Waals surface area (Å²) in [5, 5.41) is 2.84. The molecule has 1 atom stereocenters. The third-order valence-electron chi connectivity index (χ3n) is 3.20. The van der Waals surface area contributed by atoms with Gasteiger partial charge >= 0.3 is 0 Å². The largest absolute Gasteiger partial charge is 0.344 e. The van der Waals surface area contributed by atoms with Crippen molar-refractivity contribution in [1.29, 1.82) is 0 Å². The average molecular weight is 272 g/mol. The summed E-state index contributed by atoms with van der Waals surface area (Å²) < 4.78 is 13.0. The van der Waals surface area contributed by atoms with Crippen LogP contribution >= 0.6 is 0 Å². The second kappa shape index (κ2) is 5.82. The van der Waals surface area contributed by atoms with Gasteiger partial charge in [0.05, 0.1) is 6.04 Å². The highest BCUT2D eigenvalue weighted by Crippen LogP contribution is 2.19. The van der Waals surface area contributed by atoms with E-state index in [0.717, 1.165) is 16.7 Å². The second-order valence-corrected chi connectivity index (χ2v) is 4.90. The lowest BCUT2D eigenvalue weighted by atomic mass is 10.00. The molecule has 3 nitrogen and oxygen atoms in total. The van der Waals surface area contributed by atoms with E-state index in [-0.39, 0.29) is 17.6 Å². The van der Waals surface area contributed by atoms with Crippen LogP contribution in [0.3, 0.4) is 0 Å². The zero-order valence-electron chi connectivity index (χ0n) is 11.8. The number of hydrogen-bond acceptors (Lipinski definition) is 2. The molecule has 0 saturated carbocycles. The number of aryl methyl sites for hydroxylation is 2. The van der Waals surface area contributed by atoms with E-state index in [0.29, 0.717) is 0 Å². The van der Waals surface area contributed by atoms with Crippen LogP contribution < -0.4 is 5.32 Å². The van der Waals surface area contributed by atoms with Crippen molar-refractivity contribution in [1.82, 2.24) is 10.3 Å².